The molecule has 2 fully saturated rings. The van der Waals surface area contributed by atoms with Gasteiger partial charge in [0.2, 0.25) is 0 Å². The third-order valence-corrected chi connectivity index (χ3v) is 5.94. The third-order valence-electron chi connectivity index (χ3n) is 5.94. The highest BCUT2D eigenvalue weighted by Gasteiger charge is 2.30. The zero-order chi connectivity index (χ0) is 22.7. The molecule has 0 unspecified atom stereocenters. The minimum Gasteiger partial charge on any atom is -0.481 e. The van der Waals surface area contributed by atoms with Crippen LogP contribution in [0.25, 0.3) is 0 Å². The normalized spacial score (nSPS) is 17.9. The van der Waals surface area contributed by atoms with Gasteiger partial charge in [-0.3, -0.25) is 19.2 Å². The SMILES string of the molecule is O=C(O)c1cc(C(=O)N2CCC(C(=O)O)CC2)cc(C(=O)N2CCC(C(=O)O)CC2)c1. The van der Waals surface area contributed by atoms with E-state index in [-0.39, 0.29) is 42.9 Å². The molecule has 1 aromatic rings. The Morgan fingerprint density at radius 1 is 0.613 bits per heavy atom. The minimum absolute atomic E-state index is 0.0532. The van der Waals surface area contributed by atoms with E-state index < -0.39 is 41.6 Å². The maximum Gasteiger partial charge on any atom is 0.335 e. The van der Waals surface area contributed by atoms with Crippen molar-refractivity contribution in [1.29, 1.82) is 0 Å². The molecule has 2 saturated heterocycles. The number of carboxylic acid groups (broad SMARTS) is 3. The van der Waals surface area contributed by atoms with Crippen molar-refractivity contribution in [2.45, 2.75) is 25.7 Å². The number of likely N-dealkylation sites (tertiary alicyclic amines) is 2. The maximum atomic E-state index is 12.9. The van der Waals surface area contributed by atoms with Crippen molar-refractivity contribution < 1.29 is 39.3 Å². The van der Waals surface area contributed by atoms with Crippen LogP contribution in [0, 0.1) is 11.8 Å². The molecule has 3 N–H and O–H groups in total. The van der Waals surface area contributed by atoms with Gasteiger partial charge in [-0.15, -0.1) is 0 Å². The standard InChI is InChI=1S/C21H24N2O8/c24-17(22-5-1-12(2-6-22)19(26)27)14-9-15(11-16(10-14)21(30)31)18(25)23-7-3-13(4-8-23)20(28)29/h9-13H,1-8H2,(H,26,27)(H,28,29)(H,30,31). The fourth-order valence-corrected chi connectivity index (χ4v) is 4.02. The first kappa shape index (κ1) is 22.3. The van der Waals surface area contributed by atoms with E-state index in [1.54, 1.807) is 0 Å². The minimum atomic E-state index is -1.28. The number of carboxylic acids is 3. The van der Waals surface area contributed by atoms with Gasteiger partial charge in [0, 0.05) is 37.3 Å². The number of rotatable bonds is 5. The van der Waals surface area contributed by atoms with Crippen molar-refractivity contribution in [3.63, 3.8) is 0 Å². The second-order valence-electron chi connectivity index (χ2n) is 7.91. The van der Waals surface area contributed by atoms with Gasteiger partial charge in [-0.25, -0.2) is 4.79 Å². The second-order valence-corrected chi connectivity index (χ2v) is 7.91. The molecule has 166 valence electrons. The van der Waals surface area contributed by atoms with Gasteiger partial charge in [0.1, 0.15) is 0 Å². The summed E-state index contributed by atoms with van der Waals surface area (Å²) < 4.78 is 0. The summed E-state index contributed by atoms with van der Waals surface area (Å²) in [5.41, 5.74) is -0.0927. The smallest absolute Gasteiger partial charge is 0.335 e. The molecule has 0 spiro atoms. The largest absolute Gasteiger partial charge is 0.481 e. The fourth-order valence-electron chi connectivity index (χ4n) is 4.02. The summed E-state index contributed by atoms with van der Waals surface area (Å²) in [6.45, 7) is 0.941. The number of nitrogens with zero attached hydrogens (tertiary/aromatic N) is 2. The van der Waals surface area contributed by atoms with Gasteiger partial charge in [-0.1, -0.05) is 0 Å². The predicted octanol–water partition coefficient (Wildman–Crippen LogP) is 1.26. The molecule has 1 aromatic carbocycles. The van der Waals surface area contributed by atoms with Gasteiger partial charge in [0.05, 0.1) is 17.4 Å². The lowest BCUT2D eigenvalue weighted by molar-refractivity contribution is -0.144. The predicted molar refractivity (Wildman–Crippen MR) is 106 cm³/mol. The molecule has 2 heterocycles. The first-order valence-electron chi connectivity index (χ1n) is 10.1. The topological polar surface area (TPSA) is 153 Å². The molecule has 0 aliphatic carbocycles. The Morgan fingerprint density at radius 2 is 0.935 bits per heavy atom. The summed E-state index contributed by atoms with van der Waals surface area (Å²) in [6, 6.07) is 3.77. The molecule has 2 aliphatic heterocycles. The van der Waals surface area contributed by atoms with Crippen LogP contribution in [0.5, 0.6) is 0 Å². The first-order chi connectivity index (χ1) is 14.7. The van der Waals surface area contributed by atoms with Gasteiger partial charge in [0.15, 0.2) is 0 Å². The van der Waals surface area contributed by atoms with E-state index in [0.29, 0.717) is 25.7 Å². The Labute approximate surface area is 178 Å². The van der Waals surface area contributed by atoms with Crippen LogP contribution >= 0.6 is 0 Å². The number of benzene rings is 1. The Bertz CT molecular complexity index is 848. The van der Waals surface area contributed by atoms with E-state index >= 15 is 0 Å². The summed E-state index contributed by atoms with van der Waals surface area (Å²) in [5, 5.41) is 27.6. The van der Waals surface area contributed by atoms with Gasteiger partial charge in [-0.05, 0) is 43.9 Å². The molecular weight excluding hydrogens is 408 g/mol. The van der Waals surface area contributed by atoms with Crippen molar-refractivity contribution >= 4 is 29.7 Å². The van der Waals surface area contributed by atoms with E-state index in [1.807, 2.05) is 0 Å². The first-order valence-corrected chi connectivity index (χ1v) is 10.1. The number of carbonyl (C=O) groups is 5. The molecular formula is C21H24N2O8. The van der Waals surface area contributed by atoms with Crippen LogP contribution in [0.1, 0.15) is 56.8 Å². The average molecular weight is 432 g/mol. The number of hydrogen-bond donors (Lipinski definition) is 3. The van der Waals surface area contributed by atoms with Crippen LogP contribution in [0.15, 0.2) is 18.2 Å². The van der Waals surface area contributed by atoms with Gasteiger partial charge >= 0.3 is 17.9 Å². The van der Waals surface area contributed by atoms with Crippen LogP contribution in [-0.2, 0) is 9.59 Å². The Hall–Kier alpha value is -3.43. The number of aliphatic carboxylic acids is 2. The zero-order valence-corrected chi connectivity index (χ0v) is 16.8. The average Bonchev–Trinajstić information content (AvgIpc) is 2.77. The molecule has 0 saturated carbocycles. The molecule has 2 aliphatic rings. The van der Waals surface area contributed by atoms with E-state index in [4.69, 9.17) is 10.2 Å². The number of hydrogen-bond acceptors (Lipinski definition) is 5. The van der Waals surface area contributed by atoms with Crippen molar-refractivity contribution in [3.8, 4) is 0 Å². The molecule has 0 aromatic heterocycles. The van der Waals surface area contributed by atoms with Crippen molar-refractivity contribution in [2.75, 3.05) is 26.2 Å². The molecule has 0 radical (unpaired) electrons. The number of piperidine rings is 2. The summed E-state index contributed by atoms with van der Waals surface area (Å²) >= 11 is 0. The van der Waals surface area contributed by atoms with Gasteiger partial charge in [0.25, 0.3) is 11.8 Å². The lowest BCUT2D eigenvalue weighted by atomic mass is 9.95. The third kappa shape index (κ3) is 5.01. The number of aromatic carboxylic acids is 1. The van der Waals surface area contributed by atoms with Gasteiger partial charge in [-0.2, -0.15) is 0 Å². The van der Waals surface area contributed by atoms with Gasteiger partial charge < -0.3 is 25.1 Å². The van der Waals surface area contributed by atoms with Crippen molar-refractivity contribution in [2.24, 2.45) is 11.8 Å². The summed E-state index contributed by atoms with van der Waals surface area (Å²) in [4.78, 5) is 62.5. The van der Waals surface area contributed by atoms with Crippen LogP contribution < -0.4 is 0 Å². The monoisotopic (exact) mass is 432 g/mol. The number of amides is 2. The molecule has 0 bridgehead atoms. The lowest BCUT2D eigenvalue weighted by Gasteiger charge is -2.31. The van der Waals surface area contributed by atoms with Crippen LogP contribution in [-0.4, -0.2) is 81.0 Å². The highest BCUT2D eigenvalue weighted by atomic mass is 16.4. The zero-order valence-electron chi connectivity index (χ0n) is 16.8. The Balaban J connectivity index is 1.79. The molecule has 31 heavy (non-hydrogen) atoms. The summed E-state index contributed by atoms with van der Waals surface area (Å²) in [6.07, 6.45) is 1.24. The van der Waals surface area contributed by atoms with Crippen LogP contribution in [0.4, 0.5) is 0 Å². The lowest BCUT2D eigenvalue weighted by Crippen LogP contribution is -2.41. The summed E-state index contributed by atoms with van der Waals surface area (Å²) in [5.74, 6) is -5.02. The van der Waals surface area contributed by atoms with E-state index in [1.165, 1.54) is 28.0 Å². The summed E-state index contributed by atoms with van der Waals surface area (Å²) in [7, 11) is 0. The van der Waals surface area contributed by atoms with Crippen LogP contribution in [0.2, 0.25) is 0 Å². The van der Waals surface area contributed by atoms with Crippen LogP contribution in [0.3, 0.4) is 0 Å². The maximum absolute atomic E-state index is 12.9. The molecule has 0 atom stereocenters. The van der Waals surface area contributed by atoms with Crippen molar-refractivity contribution in [3.05, 3.63) is 34.9 Å². The second kappa shape index (κ2) is 9.15. The van der Waals surface area contributed by atoms with E-state index in [9.17, 15) is 29.1 Å². The molecule has 10 heteroatoms. The van der Waals surface area contributed by atoms with E-state index in [0.717, 1.165) is 0 Å². The molecule has 10 nitrogen and oxygen atoms in total. The molecule has 2 amide bonds. The Kier molecular flexibility index (Phi) is 6.57. The highest BCUT2D eigenvalue weighted by Crippen LogP contribution is 2.23. The quantitative estimate of drug-likeness (QED) is 0.629. The van der Waals surface area contributed by atoms with Crippen molar-refractivity contribution in [1.82, 2.24) is 9.80 Å². The number of carbonyl (C=O) groups excluding carboxylic acids is 2. The van der Waals surface area contributed by atoms with E-state index in [2.05, 4.69) is 0 Å². The highest BCUT2D eigenvalue weighted by molar-refractivity contribution is 6.03. The molecule has 3 rings (SSSR count). The Morgan fingerprint density at radius 3 is 1.23 bits per heavy atom. The fraction of sp³-hybridized carbons (Fsp3) is 0.476.